The molecule has 1 amide bonds. The Morgan fingerprint density at radius 2 is 2.25 bits per heavy atom. The molecule has 124 valence electrons. The highest BCUT2D eigenvalue weighted by molar-refractivity contribution is 7.99. The Morgan fingerprint density at radius 1 is 1.46 bits per heavy atom. The highest BCUT2D eigenvalue weighted by atomic mass is 32.2. The SMILES string of the molecule is Cc1csc(NC(=O)c2cc(Sc3nncn3C)c(F)cc2N)n1. The lowest BCUT2D eigenvalue weighted by Crippen LogP contribution is -2.14. The number of hydrogen-bond acceptors (Lipinski definition) is 7. The molecule has 0 aliphatic heterocycles. The summed E-state index contributed by atoms with van der Waals surface area (Å²) in [5, 5.41) is 13.1. The number of aryl methyl sites for hydroxylation is 2. The van der Waals surface area contributed by atoms with Gasteiger partial charge in [0.05, 0.1) is 16.2 Å². The van der Waals surface area contributed by atoms with Gasteiger partial charge in [0, 0.05) is 18.1 Å². The number of rotatable bonds is 4. The topological polar surface area (TPSA) is 98.7 Å². The van der Waals surface area contributed by atoms with Gasteiger partial charge in [-0.05, 0) is 30.8 Å². The average molecular weight is 364 g/mol. The molecular formula is C14H13FN6OS2. The summed E-state index contributed by atoms with van der Waals surface area (Å²) in [6, 6.07) is 2.53. The minimum Gasteiger partial charge on any atom is -0.398 e. The van der Waals surface area contributed by atoms with Crippen LogP contribution in [0.2, 0.25) is 0 Å². The number of halogens is 1. The van der Waals surface area contributed by atoms with Gasteiger partial charge in [0.1, 0.15) is 12.1 Å². The van der Waals surface area contributed by atoms with Gasteiger partial charge >= 0.3 is 0 Å². The summed E-state index contributed by atoms with van der Waals surface area (Å²) >= 11 is 2.37. The molecule has 0 aliphatic carbocycles. The molecule has 24 heavy (non-hydrogen) atoms. The third-order valence-corrected chi connectivity index (χ3v) is 5.02. The summed E-state index contributed by atoms with van der Waals surface area (Å²) in [7, 11) is 1.75. The Bertz CT molecular complexity index is 907. The van der Waals surface area contributed by atoms with Gasteiger partial charge in [-0.3, -0.25) is 10.1 Å². The van der Waals surface area contributed by atoms with Crippen molar-refractivity contribution < 1.29 is 9.18 Å². The van der Waals surface area contributed by atoms with Gasteiger partial charge in [-0.1, -0.05) is 0 Å². The van der Waals surface area contributed by atoms with Crippen molar-refractivity contribution in [2.75, 3.05) is 11.1 Å². The van der Waals surface area contributed by atoms with Crippen LogP contribution in [-0.2, 0) is 7.05 Å². The standard InChI is InChI=1S/C14H13FN6OS2/c1-7-5-23-13(18-7)19-12(22)8-3-11(9(15)4-10(8)16)24-14-20-17-6-21(14)2/h3-6H,16H2,1-2H3,(H,18,19,22). The van der Waals surface area contributed by atoms with E-state index in [9.17, 15) is 9.18 Å². The second kappa shape index (κ2) is 6.57. The zero-order valence-electron chi connectivity index (χ0n) is 12.8. The summed E-state index contributed by atoms with van der Waals surface area (Å²) < 4.78 is 15.8. The zero-order valence-corrected chi connectivity index (χ0v) is 14.4. The van der Waals surface area contributed by atoms with Crippen molar-refractivity contribution >= 4 is 39.8 Å². The van der Waals surface area contributed by atoms with Crippen LogP contribution in [0.3, 0.4) is 0 Å². The Labute approximate surface area is 145 Å². The Kier molecular flexibility index (Phi) is 4.49. The van der Waals surface area contributed by atoms with E-state index in [-0.39, 0.29) is 16.1 Å². The summed E-state index contributed by atoms with van der Waals surface area (Å²) in [4.78, 5) is 16.8. The maximum Gasteiger partial charge on any atom is 0.259 e. The van der Waals surface area contributed by atoms with Crippen LogP contribution in [0.25, 0.3) is 0 Å². The maximum absolute atomic E-state index is 14.1. The lowest BCUT2D eigenvalue weighted by molar-refractivity contribution is 0.102. The predicted molar refractivity (Wildman–Crippen MR) is 90.7 cm³/mol. The van der Waals surface area contributed by atoms with Crippen LogP contribution in [-0.4, -0.2) is 25.7 Å². The summed E-state index contributed by atoms with van der Waals surface area (Å²) in [6.45, 7) is 1.83. The molecule has 0 spiro atoms. The van der Waals surface area contributed by atoms with Gasteiger partial charge in [-0.2, -0.15) is 0 Å². The first kappa shape index (κ1) is 16.4. The van der Waals surface area contributed by atoms with Gasteiger partial charge in [-0.15, -0.1) is 21.5 Å². The van der Waals surface area contributed by atoms with Crippen LogP contribution >= 0.6 is 23.1 Å². The number of aromatic nitrogens is 4. The molecule has 0 saturated carbocycles. The number of nitrogen functional groups attached to an aromatic ring is 1. The van der Waals surface area contributed by atoms with Crippen molar-refractivity contribution in [1.29, 1.82) is 0 Å². The Morgan fingerprint density at radius 3 is 2.88 bits per heavy atom. The van der Waals surface area contributed by atoms with E-state index in [4.69, 9.17) is 5.73 Å². The normalized spacial score (nSPS) is 10.8. The predicted octanol–water partition coefficient (Wildman–Crippen LogP) is 2.70. The molecule has 0 atom stereocenters. The fourth-order valence-corrected chi connectivity index (χ4v) is 3.38. The molecule has 0 bridgehead atoms. The van der Waals surface area contributed by atoms with Crippen molar-refractivity contribution in [3.8, 4) is 0 Å². The minimum absolute atomic E-state index is 0.0561. The number of amides is 1. The fraction of sp³-hybridized carbons (Fsp3) is 0.143. The highest BCUT2D eigenvalue weighted by Crippen LogP contribution is 2.31. The number of benzene rings is 1. The van der Waals surface area contributed by atoms with E-state index in [1.165, 1.54) is 23.7 Å². The van der Waals surface area contributed by atoms with Crippen LogP contribution in [0.4, 0.5) is 15.2 Å². The number of carbonyl (C=O) groups is 1. The van der Waals surface area contributed by atoms with E-state index >= 15 is 0 Å². The van der Waals surface area contributed by atoms with Crippen LogP contribution in [0.1, 0.15) is 16.1 Å². The fourth-order valence-electron chi connectivity index (χ4n) is 1.88. The number of anilines is 2. The van der Waals surface area contributed by atoms with Gasteiger partial charge in [-0.25, -0.2) is 9.37 Å². The maximum atomic E-state index is 14.1. The largest absolute Gasteiger partial charge is 0.398 e. The molecule has 2 heterocycles. The molecule has 0 saturated heterocycles. The van der Waals surface area contributed by atoms with Gasteiger partial charge in [0.15, 0.2) is 10.3 Å². The molecule has 3 aromatic rings. The highest BCUT2D eigenvalue weighted by Gasteiger charge is 2.17. The quantitative estimate of drug-likeness (QED) is 0.691. The third kappa shape index (κ3) is 3.39. The van der Waals surface area contributed by atoms with Crippen LogP contribution in [0.5, 0.6) is 0 Å². The number of nitrogens with one attached hydrogen (secondary N) is 1. The second-order valence-corrected chi connectivity index (χ2v) is 6.81. The Balaban J connectivity index is 1.89. The second-order valence-electron chi connectivity index (χ2n) is 4.94. The van der Waals surface area contributed by atoms with Gasteiger partial charge in [0.25, 0.3) is 5.91 Å². The van der Waals surface area contributed by atoms with Crippen LogP contribution < -0.4 is 11.1 Å². The number of thiazole rings is 1. The molecule has 0 radical (unpaired) electrons. The summed E-state index contributed by atoms with van der Waals surface area (Å²) in [6.07, 6.45) is 1.51. The molecule has 7 nitrogen and oxygen atoms in total. The van der Waals surface area contributed by atoms with Crippen molar-refractivity contribution in [2.45, 2.75) is 17.0 Å². The number of carbonyl (C=O) groups excluding carboxylic acids is 1. The molecule has 0 fully saturated rings. The molecule has 0 aliphatic rings. The third-order valence-electron chi connectivity index (χ3n) is 3.06. The van der Waals surface area contributed by atoms with Gasteiger partial charge < -0.3 is 10.3 Å². The number of hydrogen-bond donors (Lipinski definition) is 2. The van der Waals surface area contributed by atoms with E-state index in [1.54, 1.807) is 11.6 Å². The first-order valence-electron chi connectivity index (χ1n) is 6.78. The van der Waals surface area contributed by atoms with E-state index in [0.717, 1.165) is 23.5 Å². The lowest BCUT2D eigenvalue weighted by Gasteiger charge is -2.09. The summed E-state index contributed by atoms with van der Waals surface area (Å²) in [5.74, 6) is -0.969. The van der Waals surface area contributed by atoms with Crippen LogP contribution in [0, 0.1) is 12.7 Å². The van der Waals surface area contributed by atoms with Crippen molar-refractivity contribution in [2.24, 2.45) is 7.05 Å². The molecule has 2 aromatic heterocycles. The Hall–Kier alpha value is -2.46. The number of nitrogens with two attached hydrogens (primary N) is 1. The van der Waals surface area contributed by atoms with E-state index in [2.05, 4.69) is 20.5 Å². The number of nitrogens with zero attached hydrogens (tertiary/aromatic N) is 4. The first-order valence-corrected chi connectivity index (χ1v) is 8.48. The van der Waals surface area contributed by atoms with Crippen molar-refractivity contribution in [1.82, 2.24) is 19.7 Å². The van der Waals surface area contributed by atoms with E-state index in [1.807, 2.05) is 12.3 Å². The van der Waals surface area contributed by atoms with Crippen molar-refractivity contribution in [3.05, 3.63) is 40.9 Å². The average Bonchev–Trinajstić information content (AvgIpc) is 3.10. The summed E-state index contributed by atoms with van der Waals surface area (Å²) in [5.41, 5.74) is 6.83. The van der Waals surface area contributed by atoms with Gasteiger partial charge in [0.2, 0.25) is 0 Å². The minimum atomic E-state index is -0.526. The smallest absolute Gasteiger partial charge is 0.259 e. The molecule has 1 aromatic carbocycles. The monoisotopic (exact) mass is 364 g/mol. The van der Waals surface area contributed by atoms with E-state index in [0.29, 0.717) is 10.3 Å². The molecule has 0 unspecified atom stereocenters. The van der Waals surface area contributed by atoms with Crippen LogP contribution in [0.15, 0.2) is 33.9 Å². The zero-order chi connectivity index (χ0) is 17.3. The first-order chi connectivity index (χ1) is 11.4. The van der Waals surface area contributed by atoms with E-state index < -0.39 is 11.7 Å². The molecule has 3 rings (SSSR count). The molecule has 10 heteroatoms. The molecular weight excluding hydrogens is 351 g/mol. The lowest BCUT2D eigenvalue weighted by atomic mass is 10.1. The van der Waals surface area contributed by atoms with Crippen molar-refractivity contribution in [3.63, 3.8) is 0 Å². The molecule has 3 N–H and O–H groups in total.